The van der Waals surface area contributed by atoms with Crippen molar-refractivity contribution in [3.63, 3.8) is 0 Å². The second-order valence-corrected chi connectivity index (χ2v) is 13.6. The third-order valence-corrected chi connectivity index (χ3v) is 10.8. The first-order valence-corrected chi connectivity index (χ1v) is 17.4. The maximum absolute atomic E-state index is 12.1. The van der Waals surface area contributed by atoms with E-state index in [1.807, 2.05) is 23.9 Å². The molecule has 0 aliphatic carbocycles. The maximum atomic E-state index is 12.1. The van der Waals surface area contributed by atoms with E-state index in [2.05, 4.69) is 109 Å². The van der Waals surface area contributed by atoms with Crippen LogP contribution in [0.3, 0.4) is 0 Å². The number of fused-ring (bicyclic) bond motifs is 8. The minimum atomic E-state index is -0.435. The number of benzene rings is 5. The highest BCUT2D eigenvalue weighted by Crippen LogP contribution is 2.47. The van der Waals surface area contributed by atoms with E-state index in [-0.39, 0.29) is 0 Å². The highest BCUT2D eigenvalue weighted by Gasteiger charge is 2.26. The van der Waals surface area contributed by atoms with E-state index < -0.39 is 5.97 Å². The second kappa shape index (κ2) is 12.8. The van der Waals surface area contributed by atoms with Gasteiger partial charge in [-0.1, -0.05) is 117 Å². The van der Waals surface area contributed by atoms with Crippen molar-refractivity contribution < 1.29 is 9.63 Å². The average Bonchev–Trinajstić information content (AvgIpc) is 3.39. The van der Waals surface area contributed by atoms with E-state index in [9.17, 15) is 4.79 Å². The summed E-state index contributed by atoms with van der Waals surface area (Å²) < 4.78 is 2.61. The molecule has 4 nitrogen and oxygen atoms in total. The molecule has 2 heterocycles. The first kappa shape index (κ1) is 30.3. The maximum Gasteiger partial charge on any atom is 0.332 e. The Labute approximate surface area is 275 Å². The van der Waals surface area contributed by atoms with Crippen LogP contribution in [0.4, 0.5) is 0 Å². The van der Waals surface area contributed by atoms with Gasteiger partial charge in [-0.25, -0.2) is 4.79 Å². The summed E-state index contributed by atoms with van der Waals surface area (Å²) in [5.41, 5.74) is 9.01. The zero-order valence-corrected chi connectivity index (χ0v) is 27.9. The predicted molar refractivity (Wildman–Crippen MR) is 192 cm³/mol. The lowest BCUT2D eigenvalue weighted by Gasteiger charge is -2.21. The molecule has 6 aromatic rings. The second-order valence-electron chi connectivity index (χ2n) is 12.6. The molecule has 1 aromatic heterocycles. The normalized spacial score (nSPS) is 13.6. The van der Waals surface area contributed by atoms with Crippen LogP contribution in [0.25, 0.3) is 32.6 Å². The Kier molecular flexibility index (Phi) is 8.44. The third kappa shape index (κ3) is 5.41. The predicted octanol–water partition coefficient (Wildman–Crippen LogP) is 10.8. The van der Waals surface area contributed by atoms with Crippen LogP contribution in [0.1, 0.15) is 74.3 Å². The molecular formula is C41H40N2O2S. The molecule has 5 aromatic carbocycles. The van der Waals surface area contributed by atoms with Crippen molar-refractivity contribution >= 4 is 56.0 Å². The van der Waals surface area contributed by atoms with Crippen LogP contribution in [0, 0.1) is 12.8 Å². The van der Waals surface area contributed by atoms with Crippen LogP contribution >= 0.6 is 11.8 Å². The fourth-order valence-electron chi connectivity index (χ4n) is 7.19. The summed E-state index contributed by atoms with van der Waals surface area (Å²) in [7, 11) is 0. The summed E-state index contributed by atoms with van der Waals surface area (Å²) in [6.07, 6.45) is 5.73. The number of nitrogens with zero attached hydrogens (tertiary/aromatic N) is 2. The van der Waals surface area contributed by atoms with Gasteiger partial charge in [-0.3, -0.25) is 0 Å². The molecule has 0 N–H and O–H groups in total. The molecule has 232 valence electrons. The van der Waals surface area contributed by atoms with Crippen LogP contribution in [0.5, 0.6) is 0 Å². The lowest BCUT2D eigenvalue weighted by molar-refractivity contribution is -0.140. The molecule has 7 rings (SSSR count). The summed E-state index contributed by atoms with van der Waals surface area (Å²) in [6, 6.07) is 32.7. The summed E-state index contributed by atoms with van der Waals surface area (Å²) in [6.45, 7) is 9.08. The van der Waals surface area contributed by atoms with Crippen LogP contribution in [-0.4, -0.2) is 16.2 Å². The molecule has 1 atom stereocenters. The van der Waals surface area contributed by atoms with Gasteiger partial charge in [0.2, 0.25) is 0 Å². The van der Waals surface area contributed by atoms with E-state index in [4.69, 9.17) is 4.84 Å². The number of aromatic nitrogens is 1. The Hall–Kier alpha value is -4.35. The summed E-state index contributed by atoms with van der Waals surface area (Å²) in [4.78, 5) is 20.1. The van der Waals surface area contributed by atoms with Gasteiger partial charge in [-0.15, -0.1) is 0 Å². The van der Waals surface area contributed by atoms with E-state index in [1.165, 1.54) is 74.3 Å². The minimum absolute atomic E-state index is 0.435. The van der Waals surface area contributed by atoms with E-state index in [0.29, 0.717) is 11.6 Å². The van der Waals surface area contributed by atoms with Crippen molar-refractivity contribution in [2.75, 3.05) is 0 Å². The van der Waals surface area contributed by atoms with Gasteiger partial charge in [-0.05, 0) is 65.6 Å². The van der Waals surface area contributed by atoms with Crippen molar-refractivity contribution in [3.05, 3.63) is 119 Å². The van der Waals surface area contributed by atoms with Crippen LogP contribution in [-0.2, 0) is 22.6 Å². The highest BCUT2D eigenvalue weighted by atomic mass is 32.2. The van der Waals surface area contributed by atoms with Gasteiger partial charge in [0.15, 0.2) is 0 Å². The number of carbonyl (C=O) groups is 1. The van der Waals surface area contributed by atoms with Crippen molar-refractivity contribution in [1.29, 1.82) is 0 Å². The summed E-state index contributed by atoms with van der Waals surface area (Å²) >= 11 is 1.88. The van der Waals surface area contributed by atoms with Crippen molar-refractivity contribution in [2.24, 2.45) is 11.1 Å². The van der Waals surface area contributed by atoms with Crippen molar-refractivity contribution in [2.45, 2.75) is 76.1 Å². The van der Waals surface area contributed by atoms with Crippen LogP contribution < -0.4 is 0 Å². The number of aryl methyl sites for hydroxylation is 1. The number of hydrogen-bond acceptors (Lipinski definition) is 4. The Bertz CT molecular complexity index is 2140. The Morgan fingerprint density at radius 1 is 0.891 bits per heavy atom. The van der Waals surface area contributed by atoms with Crippen LogP contribution in [0.2, 0.25) is 0 Å². The zero-order valence-electron chi connectivity index (χ0n) is 27.1. The fraction of sp³-hybridized carbons (Fsp3) is 0.268. The first-order chi connectivity index (χ1) is 22.5. The molecule has 0 spiro atoms. The SMILES string of the molecule is CCCCC(CC)Cn1c2ccc3c(c2c2cc(C(=NOC(C)=O)c4ccccc4C)c4ccccc4c21)Cc1ccccc1S3. The van der Waals surface area contributed by atoms with Gasteiger partial charge in [0, 0.05) is 62.5 Å². The van der Waals surface area contributed by atoms with Gasteiger partial charge >= 0.3 is 5.97 Å². The molecule has 1 aliphatic rings. The number of hydrogen-bond donors (Lipinski definition) is 0. The quantitative estimate of drug-likeness (QED) is 0.0912. The topological polar surface area (TPSA) is 43.6 Å². The molecular weight excluding hydrogens is 585 g/mol. The Morgan fingerprint density at radius 2 is 1.65 bits per heavy atom. The lowest BCUT2D eigenvalue weighted by atomic mass is 9.91. The lowest BCUT2D eigenvalue weighted by Crippen LogP contribution is -2.11. The minimum Gasteiger partial charge on any atom is -0.340 e. The summed E-state index contributed by atoms with van der Waals surface area (Å²) in [5.74, 6) is 0.159. The molecule has 1 unspecified atom stereocenters. The standard InChI is InChI=1S/C41H40N2O2S/c1-5-7-15-28(6-2)25-43-36-21-22-38-34(23-29-16-9-13-20-37(29)46-38)39(36)35-24-33(31-18-11-12-19-32(31)41(35)43)40(42-45-27(4)44)30-17-10-8-14-26(30)3/h8-14,16-22,24,28H,5-7,15,23,25H2,1-4H3. The fourth-order valence-corrected chi connectivity index (χ4v) is 8.27. The van der Waals surface area contributed by atoms with E-state index in [1.54, 1.807) is 0 Å². The van der Waals surface area contributed by atoms with Gasteiger partial charge in [0.05, 0.1) is 5.52 Å². The first-order valence-electron chi connectivity index (χ1n) is 16.6. The third-order valence-electron chi connectivity index (χ3n) is 9.56. The Balaban J connectivity index is 1.58. The number of oxime groups is 1. The molecule has 0 fully saturated rings. The number of carbonyl (C=O) groups excluding carboxylic acids is 1. The molecule has 0 saturated heterocycles. The van der Waals surface area contributed by atoms with Gasteiger partial charge in [0.1, 0.15) is 5.71 Å². The van der Waals surface area contributed by atoms with Crippen LogP contribution in [0.15, 0.2) is 106 Å². The molecule has 1 aliphatic heterocycles. The van der Waals surface area contributed by atoms with E-state index in [0.717, 1.165) is 41.5 Å². The number of unbranched alkanes of at least 4 members (excludes halogenated alkanes) is 1. The smallest absolute Gasteiger partial charge is 0.332 e. The van der Waals surface area contributed by atoms with Crippen molar-refractivity contribution in [1.82, 2.24) is 4.57 Å². The molecule has 0 amide bonds. The highest BCUT2D eigenvalue weighted by molar-refractivity contribution is 7.99. The molecule has 5 heteroatoms. The Morgan fingerprint density at radius 3 is 2.43 bits per heavy atom. The van der Waals surface area contributed by atoms with E-state index >= 15 is 0 Å². The number of rotatable bonds is 9. The summed E-state index contributed by atoms with van der Waals surface area (Å²) in [5, 5.41) is 9.38. The molecule has 0 radical (unpaired) electrons. The average molecular weight is 625 g/mol. The van der Waals surface area contributed by atoms with Crippen molar-refractivity contribution in [3.8, 4) is 0 Å². The van der Waals surface area contributed by atoms with Gasteiger partial charge in [0.25, 0.3) is 0 Å². The monoisotopic (exact) mass is 624 g/mol. The largest absolute Gasteiger partial charge is 0.340 e. The van der Waals surface area contributed by atoms with Gasteiger partial charge in [-0.2, -0.15) is 0 Å². The van der Waals surface area contributed by atoms with Gasteiger partial charge < -0.3 is 9.40 Å². The molecule has 0 bridgehead atoms. The molecule has 0 saturated carbocycles. The molecule has 46 heavy (non-hydrogen) atoms. The zero-order chi connectivity index (χ0) is 31.8.